The average molecular weight is 543 g/mol. The maximum Gasteiger partial charge on any atom is 0.0944 e. The summed E-state index contributed by atoms with van der Waals surface area (Å²) in [6.07, 6.45) is 3.83. The normalized spacial score (nSPS) is 12.1. The van der Waals surface area contributed by atoms with Crippen LogP contribution in [0.4, 0.5) is 0 Å². The van der Waals surface area contributed by atoms with Crippen molar-refractivity contribution in [3.05, 3.63) is 71.1 Å². The molecule has 0 unspecified atom stereocenters. The van der Waals surface area contributed by atoms with Crippen LogP contribution in [0.15, 0.2) is 59.7 Å². The lowest BCUT2D eigenvalue weighted by Gasteiger charge is -2.10. The third-order valence-corrected chi connectivity index (χ3v) is 8.52. The molecule has 0 spiro atoms. The quantitative estimate of drug-likeness (QED) is 0.183. The van der Waals surface area contributed by atoms with Crippen LogP contribution in [0.1, 0.15) is 25.2 Å². The highest BCUT2D eigenvalue weighted by atomic mass is 32.1. The molecule has 0 N–H and O–H groups in total. The van der Waals surface area contributed by atoms with E-state index in [1.165, 1.54) is 19.5 Å². The Morgan fingerprint density at radius 1 is 0.684 bits per heavy atom. The Kier molecular flexibility index (Phi) is 9.17. The molecule has 38 heavy (non-hydrogen) atoms. The largest absolute Gasteiger partial charge is 0.383 e. The summed E-state index contributed by atoms with van der Waals surface area (Å²) in [4.78, 5) is 4.75. The number of nitriles is 2. The summed E-state index contributed by atoms with van der Waals surface area (Å²) < 4.78 is 15.1. The fraction of sp³-hybridized carbons (Fsp3) is 0.267. The molecule has 6 nitrogen and oxygen atoms in total. The molecular formula is C30H30N4O2S2. The second kappa shape index (κ2) is 12.7. The Bertz CT molecular complexity index is 1430. The number of aromatic nitrogens is 2. The Morgan fingerprint density at radius 2 is 1.08 bits per heavy atom. The number of ether oxygens (including phenoxy) is 2. The molecule has 194 valence electrons. The van der Waals surface area contributed by atoms with E-state index in [-0.39, 0.29) is 0 Å². The summed E-state index contributed by atoms with van der Waals surface area (Å²) in [5.74, 6) is 0. The van der Waals surface area contributed by atoms with Crippen LogP contribution in [-0.2, 0) is 22.6 Å². The van der Waals surface area contributed by atoms with Crippen LogP contribution in [-0.4, -0.2) is 36.6 Å². The minimum absolute atomic E-state index is 0.592. The second-order valence-electron chi connectivity index (χ2n) is 8.78. The SMILES string of the molecule is COCCn1c(/C=C(/C)C#N)ccc1-c1ccc(-c2ccc(-c3ccc(/C=C(/C)C#N)n3CCOC)s2)s1. The van der Waals surface area contributed by atoms with Gasteiger partial charge in [-0.15, -0.1) is 22.7 Å². The number of hydrogen-bond donors (Lipinski definition) is 0. The van der Waals surface area contributed by atoms with Gasteiger partial charge in [0.05, 0.1) is 46.5 Å². The van der Waals surface area contributed by atoms with E-state index < -0.39 is 0 Å². The lowest BCUT2D eigenvalue weighted by atomic mass is 10.2. The minimum Gasteiger partial charge on any atom is -0.383 e. The first-order chi connectivity index (χ1) is 18.5. The van der Waals surface area contributed by atoms with Crippen molar-refractivity contribution >= 4 is 34.8 Å². The van der Waals surface area contributed by atoms with Crippen molar-refractivity contribution < 1.29 is 9.47 Å². The molecule has 0 aliphatic rings. The zero-order valence-corrected chi connectivity index (χ0v) is 23.7. The lowest BCUT2D eigenvalue weighted by Crippen LogP contribution is -2.07. The Balaban J connectivity index is 1.66. The molecule has 0 aromatic carbocycles. The first kappa shape index (κ1) is 27.4. The molecule has 4 rings (SSSR count). The van der Waals surface area contributed by atoms with Crippen LogP contribution in [0, 0.1) is 22.7 Å². The molecule has 0 fully saturated rings. The van der Waals surface area contributed by atoms with E-state index in [0.29, 0.717) is 37.4 Å². The predicted octanol–water partition coefficient (Wildman–Crippen LogP) is 7.56. The summed E-state index contributed by atoms with van der Waals surface area (Å²) in [5, 5.41) is 18.5. The van der Waals surface area contributed by atoms with Gasteiger partial charge in [0.15, 0.2) is 0 Å². The number of methoxy groups -OCH3 is 2. The number of allylic oxidation sites excluding steroid dienone is 2. The lowest BCUT2D eigenvalue weighted by molar-refractivity contribution is 0.187. The van der Waals surface area contributed by atoms with Gasteiger partial charge in [-0.2, -0.15) is 10.5 Å². The molecule has 0 saturated heterocycles. The zero-order valence-electron chi connectivity index (χ0n) is 22.0. The van der Waals surface area contributed by atoms with Crippen molar-refractivity contribution in [1.82, 2.24) is 9.13 Å². The molecular weight excluding hydrogens is 512 g/mol. The third-order valence-electron chi connectivity index (χ3n) is 6.11. The first-order valence-corrected chi connectivity index (χ1v) is 13.9. The maximum absolute atomic E-state index is 9.24. The fourth-order valence-electron chi connectivity index (χ4n) is 4.24. The molecule has 4 aromatic heterocycles. The van der Waals surface area contributed by atoms with Gasteiger partial charge in [0.2, 0.25) is 0 Å². The van der Waals surface area contributed by atoms with Crippen LogP contribution < -0.4 is 0 Å². The number of nitrogens with zero attached hydrogens (tertiary/aromatic N) is 4. The van der Waals surface area contributed by atoms with E-state index in [0.717, 1.165) is 22.8 Å². The van der Waals surface area contributed by atoms with Gasteiger partial charge in [0, 0.05) is 59.6 Å². The molecule has 0 aliphatic carbocycles. The van der Waals surface area contributed by atoms with E-state index in [4.69, 9.17) is 9.47 Å². The van der Waals surface area contributed by atoms with E-state index in [1.54, 1.807) is 36.9 Å². The first-order valence-electron chi connectivity index (χ1n) is 12.2. The van der Waals surface area contributed by atoms with Crippen molar-refractivity contribution in [2.45, 2.75) is 26.9 Å². The highest BCUT2D eigenvalue weighted by molar-refractivity contribution is 7.25. The van der Waals surface area contributed by atoms with E-state index >= 15 is 0 Å². The molecule has 4 heterocycles. The van der Waals surface area contributed by atoms with Gasteiger partial charge in [-0.3, -0.25) is 0 Å². The van der Waals surface area contributed by atoms with Crippen molar-refractivity contribution in [1.29, 1.82) is 10.5 Å². The molecule has 0 bridgehead atoms. The Labute approximate surface area is 231 Å². The highest BCUT2D eigenvalue weighted by Crippen LogP contribution is 2.41. The topological polar surface area (TPSA) is 75.9 Å². The van der Waals surface area contributed by atoms with Crippen LogP contribution in [0.25, 0.3) is 43.0 Å². The average Bonchev–Trinajstić information content (AvgIpc) is 3.72. The van der Waals surface area contributed by atoms with Crippen LogP contribution in [0.5, 0.6) is 0 Å². The third kappa shape index (κ3) is 6.07. The van der Waals surface area contributed by atoms with Crippen LogP contribution in [0.3, 0.4) is 0 Å². The van der Waals surface area contributed by atoms with Crippen LogP contribution in [0.2, 0.25) is 0 Å². The number of rotatable bonds is 11. The Hall–Kier alpha value is -3.66. The molecule has 0 saturated carbocycles. The smallest absolute Gasteiger partial charge is 0.0944 e. The van der Waals surface area contributed by atoms with E-state index in [2.05, 4.69) is 69.8 Å². The second-order valence-corrected chi connectivity index (χ2v) is 10.9. The fourth-order valence-corrected chi connectivity index (χ4v) is 6.41. The summed E-state index contributed by atoms with van der Waals surface area (Å²) in [6.45, 7) is 6.24. The Morgan fingerprint density at radius 3 is 1.45 bits per heavy atom. The number of hydrogen-bond acceptors (Lipinski definition) is 6. The van der Waals surface area contributed by atoms with Gasteiger partial charge >= 0.3 is 0 Å². The molecule has 0 radical (unpaired) electrons. The van der Waals surface area contributed by atoms with Crippen molar-refractivity contribution in [3.63, 3.8) is 0 Å². The number of thiophene rings is 2. The van der Waals surface area contributed by atoms with Crippen molar-refractivity contribution in [2.75, 3.05) is 27.4 Å². The van der Waals surface area contributed by atoms with Gasteiger partial charge in [-0.05, 0) is 74.5 Å². The summed E-state index contributed by atoms with van der Waals surface area (Å²) in [6, 6.07) is 21.4. The molecule has 4 aromatic rings. The predicted molar refractivity (Wildman–Crippen MR) is 157 cm³/mol. The molecule has 8 heteroatoms. The van der Waals surface area contributed by atoms with E-state index in [1.807, 2.05) is 26.0 Å². The summed E-state index contributed by atoms with van der Waals surface area (Å²) in [5.41, 5.74) is 5.57. The van der Waals surface area contributed by atoms with Gasteiger partial charge in [0.25, 0.3) is 0 Å². The molecule has 0 atom stereocenters. The monoisotopic (exact) mass is 542 g/mol. The maximum atomic E-state index is 9.24. The highest BCUT2D eigenvalue weighted by Gasteiger charge is 2.15. The van der Waals surface area contributed by atoms with Gasteiger partial charge in [-0.25, -0.2) is 0 Å². The van der Waals surface area contributed by atoms with Gasteiger partial charge < -0.3 is 18.6 Å². The van der Waals surface area contributed by atoms with Crippen molar-refractivity contribution in [3.8, 4) is 43.0 Å². The zero-order chi connectivity index (χ0) is 27.1. The van der Waals surface area contributed by atoms with Gasteiger partial charge in [-0.1, -0.05) is 0 Å². The summed E-state index contributed by atoms with van der Waals surface area (Å²) in [7, 11) is 3.40. The van der Waals surface area contributed by atoms with Crippen molar-refractivity contribution in [2.24, 2.45) is 0 Å². The minimum atomic E-state index is 0.592. The standard InChI is InChI=1S/C30H30N4O2S2/c1-21(19-31)17-23-5-7-25(33(23)13-15-35-3)27-9-11-29(37-27)30-12-10-28(38-30)26-8-6-24(18-22(2)20-32)34(26)14-16-36-4/h5-12,17-18H,13-16H2,1-4H3/b21-17-,22-18-. The molecule has 0 amide bonds. The van der Waals surface area contributed by atoms with Gasteiger partial charge in [0.1, 0.15) is 0 Å². The van der Waals surface area contributed by atoms with E-state index in [9.17, 15) is 10.5 Å². The molecule has 0 aliphatic heterocycles. The van der Waals surface area contributed by atoms with Crippen LogP contribution >= 0.6 is 22.7 Å². The summed E-state index contributed by atoms with van der Waals surface area (Å²) >= 11 is 3.52.